The second-order valence-electron chi connectivity index (χ2n) is 13.7. The van der Waals surface area contributed by atoms with E-state index in [1.165, 1.54) is 0 Å². The summed E-state index contributed by atoms with van der Waals surface area (Å²) in [5.74, 6) is 35.0. The predicted molar refractivity (Wildman–Crippen MR) is 217 cm³/mol. The van der Waals surface area contributed by atoms with Crippen LogP contribution in [0.15, 0.2) is 121 Å². The van der Waals surface area contributed by atoms with Gasteiger partial charge in [-0.3, -0.25) is 0 Å². The molecule has 0 atom stereocenters. The van der Waals surface area contributed by atoms with Gasteiger partial charge in [0.15, 0.2) is 0 Å². The molecule has 0 aliphatic heterocycles. The van der Waals surface area contributed by atoms with E-state index in [0.717, 1.165) is 50.1 Å². The maximum Gasteiger partial charge on any atom is 0.129 e. The van der Waals surface area contributed by atoms with E-state index in [1.807, 2.05) is 121 Å². The molecule has 5 aromatic carbocycles. The lowest BCUT2D eigenvalue weighted by molar-refractivity contribution is 1.43. The number of benzene rings is 5. The third kappa shape index (κ3) is 10.4. The van der Waals surface area contributed by atoms with Crippen molar-refractivity contribution in [2.45, 2.75) is 39.3 Å². The number of rotatable bonds is 0. The van der Waals surface area contributed by atoms with Crippen molar-refractivity contribution in [2.75, 3.05) is 0 Å². The molecule has 0 fully saturated rings. The SMILES string of the molecule is C[Si](C)(C)C#Cc1c(C#Cc2ccccc2)c(C#Cc2ccccc2)c(C#Cc2ccccc2)c(C#C[Si](C)(C)C)c1C#Cc1ccccc1. The highest BCUT2D eigenvalue weighted by Crippen LogP contribution is 2.28. The summed E-state index contributed by atoms with van der Waals surface area (Å²) in [7, 11) is -3.67. The highest BCUT2D eigenvalue weighted by atomic mass is 28.3. The summed E-state index contributed by atoms with van der Waals surface area (Å²) < 4.78 is 0. The molecule has 0 radical (unpaired) electrons. The summed E-state index contributed by atoms with van der Waals surface area (Å²) in [6, 6.07) is 40.0. The monoisotopic (exact) mass is 670 g/mol. The first-order valence-corrected chi connectivity index (χ1v) is 23.6. The summed E-state index contributed by atoms with van der Waals surface area (Å²) in [5.41, 5.74) is 15.2. The van der Waals surface area contributed by atoms with E-state index in [1.54, 1.807) is 0 Å². The first-order valence-electron chi connectivity index (χ1n) is 16.6. The van der Waals surface area contributed by atoms with Crippen LogP contribution in [-0.4, -0.2) is 16.1 Å². The molecule has 50 heavy (non-hydrogen) atoms. The summed E-state index contributed by atoms with van der Waals surface area (Å²) in [4.78, 5) is 0. The van der Waals surface area contributed by atoms with Gasteiger partial charge in [-0.25, -0.2) is 0 Å². The van der Waals surface area contributed by atoms with Crippen molar-refractivity contribution in [3.8, 4) is 70.3 Å². The van der Waals surface area contributed by atoms with Gasteiger partial charge in [0.05, 0.1) is 33.4 Å². The van der Waals surface area contributed by atoms with Crippen molar-refractivity contribution in [3.63, 3.8) is 0 Å². The van der Waals surface area contributed by atoms with Gasteiger partial charge >= 0.3 is 0 Å². The van der Waals surface area contributed by atoms with Gasteiger partial charge in [-0.05, 0) is 48.5 Å². The third-order valence-electron chi connectivity index (χ3n) is 7.05. The smallest absolute Gasteiger partial charge is 0.127 e. The zero-order chi connectivity index (χ0) is 35.4. The summed E-state index contributed by atoms with van der Waals surface area (Å²) in [5, 5.41) is 0. The third-order valence-corrected chi connectivity index (χ3v) is 8.80. The van der Waals surface area contributed by atoms with Crippen LogP contribution in [-0.2, 0) is 0 Å². The molecule has 0 aliphatic carbocycles. The average molecular weight is 671 g/mol. The fourth-order valence-corrected chi connectivity index (χ4v) is 5.62. The van der Waals surface area contributed by atoms with Crippen LogP contribution in [0.3, 0.4) is 0 Å². The molecular weight excluding hydrogens is 633 g/mol. The first kappa shape index (κ1) is 35.2. The molecule has 0 bridgehead atoms. The maximum absolute atomic E-state index is 3.62. The topological polar surface area (TPSA) is 0 Å². The van der Waals surface area contributed by atoms with Crippen LogP contribution in [0.4, 0.5) is 0 Å². The predicted octanol–water partition coefficient (Wildman–Crippen LogP) is 9.74. The van der Waals surface area contributed by atoms with Crippen LogP contribution in [0.25, 0.3) is 0 Å². The highest BCUT2D eigenvalue weighted by molar-refractivity contribution is 6.84. The largest absolute Gasteiger partial charge is 0.129 e. The van der Waals surface area contributed by atoms with Crippen molar-refractivity contribution < 1.29 is 0 Å². The van der Waals surface area contributed by atoms with Gasteiger partial charge in [0, 0.05) is 22.3 Å². The van der Waals surface area contributed by atoms with Gasteiger partial charge < -0.3 is 0 Å². The summed E-state index contributed by atoms with van der Waals surface area (Å²) in [6.07, 6.45) is 0. The molecule has 0 aliphatic rings. The van der Waals surface area contributed by atoms with Crippen molar-refractivity contribution in [1.29, 1.82) is 0 Å². The van der Waals surface area contributed by atoms with Gasteiger partial charge in [-0.1, -0.05) is 171 Å². The summed E-state index contributed by atoms with van der Waals surface area (Å²) in [6.45, 7) is 13.5. The Balaban J connectivity index is 2.02. The molecule has 0 spiro atoms. The molecule has 0 heterocycles. The molecule has 0 saturated carbocycles. The molecule has 2 heteroatoms. The minimum absolute atomic E-state index is 0.714. The Labute approximate surface area is 301 Å². The number of hydrogen-bond acceptors (Lipinski definition) is 0. The van der Waals surface area contributed by atoms with Gasteiger partial charge in [0.25, 0.3) is 0 Å². The number of hydrogen-bond donors (Lipinski definition) is 0. The Morgan fingerprint density at radius 1 is 0.260 bits per heavy atom. The normalized spacial score (nSPS) is 10.0. The van der Waals surface area contributed by atoms with E-state index in [-0.39, 0.29) is 0 Å². The second-order valence-corrected chi connectivity index (χ2v) is 23.2. The molecule has 0 amide bonds. The molecule has 0 nitrogen and oxygen atoms in total. The molecule has 238 valence electrons. The maximum atomic E-state index is 3.62. The zero-order valence-corrected chi connectivity index (χ0v) is 31.5. The molecule has 0 saturated heterocycles. The highest BCUT2D eigenvalue weighted by Gasteiger charge is 2.21. The Morgan fingerprint density at radius 2 is 0.460 bits per heavy atom. The first-order chi connectivity index (χ1) is 24.1. The van der Waals surface area contributed by atoms with Crippen LogP contribution in [0, 0.1) is 70.3 Å². The Morgan fingerprint density at radius 3 is 0.660 bits per heavy atom. The quantitative estimate of drug-likeness (QED) is 0.114. The van der Waals surface area contributed by atoms with Crippen molar-refractivity contribution in [1.82, 2.24) is 0 Å². The van der Waals surface area contributed by atoms with Crippen LogP contribution in [0.5, 0.6) is 0 Å². The fraction of sp³-hybridized carbons (Fsp3) is 0.125. The minimum atomic E-state index is -1.84. The standard InChI is InChI=1S/C48H38Si2/c1-49(2,3)37-35-47-44(32-28-40-21-13-8-14-22-40)43(31-27-39-19-11-7-12-20-39)45(33-29-41-23-15-9-16-24-41)48(36-38-50(4,5)6)46(47)34-30-42-25-17-10-18-26-42/h7-26H,1-6H3. The van der Waals surface area contributed by atoms with E-state index in [0.29, 0.717) is 5.56 Å². The van der Waals surface area contributed by atoms with Crippen LogP contribution < -0.4 is 0 Å². The summed E-state index contributed by atoms with van der Waals surface area (Å²) >= 11 is 0. The van der Waals surface area contributed by atoms with Gasteiger partial charge in [-0.15, -0.1) is 11.1 Å². The lowest BCUT2D eigenvalue weighted by Gasteiger charge is -2.14. The van der Waals surface area contributed by atoms with E-state index in [2.05, 4.69) is 110 Å². The Bertz CT molecular complexity index is 2260. The average Bonchev–Trinajstić information content (AvgIpc) is 3.11. The van der Waals surface area contributed by atoms with E-state index < -0.39 is 16.1 Å². The lowest BCUT2D eigenvalue weighted by atomic mass is 9.86. The van der Waals surface area contributed by atoms with Gasteiger partial charge in [-0.2, -0.15) is 0 Å². The van der Waals surface area contributed by atoms with Crippen LogP contribution >= 0.6 is 0 Å². The van der Waals surface area contributed by atoms with Gasteiger partial charge in [0.1, 0.15) is 16.1 Å². The van der Waals surface area contributed by atoms with E-state index in [4.69, 9.17) is 0 Å². The van der Waals surface area contributed by atoms with E-state index in [9.17, 15) is 0 Å². The lowest BCUT2D eigenvalue weighted by Crippen LogP contribution is -2.17. The van der Waals surface area contributed by atoms with Crippen molar-refractivity contribution >= 4 is 16.1 Å². The molecule has 5 rings (SSSR count). The Kier molecular flexibility index (Phi) is 11.5. The molecule has 0 unspecified atom stereocenters. The Hall–Kier alpha value is -6.11. The minimum Gasteiger partial charge on any atom is -0.127 e. The molecule has 0 N–H and O–H groups in total. The van der Waals surface area contributed by atoms with Crippen LogP contribution in [0.1, 0.15) is 55.6 Å². The molecule has 5 aromatic rings. The van der Waals surface area contributed by atoms with Crippen molar-refractivity contribution in [3.05, 3.63) is 177 Å². The van der Waals surface area contributed by atoms with Crippen LogP contribution in [0.2, 0.25) is 39.3 Å². The zero-order valence-electron chi connectivity index (χ0n) is 29.5. The molecular formula is C48H38Si2. The van der Waals surface area contributed by atoms with Crippen molar-refractivity contribution in [2.24, 2.45) is 0 Å². The fourth-order valence-electron chi connectivity index (χ4n) is 4.62. The van der Waals surface area contributed by atoms with Gasteiger partial charge in [0.2, 0.25) is 0 Å². The van der Waals surface area contributed by atoms with E-state index >= 15 is 0 Å². The second kappa shape index (κ2) is 16.3. The molecule has 0 aromatic heterocycles.